The summed E-state index contributed by atoms with van der Waals surface area (Å²) < 4.78 is 10.7. The molecule has 0 amide bonds. The Morgan fingerprint density at radius 3 is 2.53 bits per heavy atom. The highest BCUT2D eigenvalue weighted by Crippen LogP contribution is 2.32. The first-order chi connectivity index (χ1) is 9.28. The topological polar surface area (TPSA) is 24.9 Å². The van der Waals surface area contributed by atoms with Gasteiger partial charge in [0.1, 0.15) is 5.75 Å². The van der Waals surface area contributed by atoms with Gasteiger partial charge in [0.2, 0.25) is 0 Å². The molecule has 2 aliphatic rings. The standard InChI is InChI=1S/C14H19ClN2O2/c1-18-14-8-11(15)2-3-13(14)17-6-4-16(5-7-17)12-9-19-10-12/h2-3,8,12H,4-7,9-10H2,1H3. The molecule has 3 rings (SSSR count). The molecule has 0 N–H and O–H groups in total. The van der Waals surface area contributed by atoms with Crippen LogP contribution in [0.5, 0.6) is 5.75 Å². The van der Waals surface area contributed by atoms with E-state index in [-0.39, 0.29) is 0 Å². The van der Waals surface area contributed by atoms with Gasteiger partial charge in [0.25, 0.3) is 0 Å². The Kier molecular flexibility index (Phi) is 3.82. The number of nitrogens with zero attached hydrogens (tertiary/aromatic N) is 2. The molecule has 0 aliphatic carbocycles. The Balaban J connectivity index is 1.67. The monoisotopic (exact) mass is 282 g/mol. The third-order valence-corrected chi connectivity index (χ3v) is 4.17. The Hall–Kier alpha value is -0.970. The molecule has 2 saturated heterocycles. The highest BCUT2D eigenvalue weighted by molar-refractivity contribution is 6.30. The number of hydrogen-bond donors (Lipinski definition) is 0. The third-order valence-electron chi connectivity index (χ3n) is 3.93. The van der Waals surface area contributed by atoms with E-state index in [9.17, 15) is 0 Å². The van der Waals surface area contributed by atoms with Crippen LogP contribution in [0, 0.1) is 0 Å². The summed E-state index contributed by atoms with van der Waals surface area (Å²) in [5, 5.41) is 0.714. The van der Waals surface area contributed by atoms with Crippen LogP contribution in [0.4, 0.5) is 5.69 Å². The van der Waals surface area contributed by atoms with Gasteiger partial charge in [-0.1, -0.05) is 11.6 Å². The molecule has 2 heterocycles. The maximum absolute atomic E-state index is 6.01. The Bertz CT molecular complexity index is 443. The number of benzene rings is 1. The van der Waals surface area contributed by atoms with Crippen LogP contribution in [0.15, 0.2) is 18.2 Å². The molecule has 0 radical (unpaired) electrons. The van der Waals surface area contributed by atoms with Crippen LogP contribution in [0.2, 0.25) is 5.02 Å². The highest BCUT2D eigenvalue weighted by atomic mass is 35.5. The second-order valence-electron chi connectivity index (χ2n) is 5.03. The van der Waals surface area contributed by atoms with Crippen LogP contribution < -0.4 is 9.64 Å². The predicted octanol–water partition coefficient (Wildman–Crippen LogP) is 1.87. The van der Waals surface area contributed by atoms with E-state index in [2.05, 4.69) is 9.80 Å². The van der Waals surface area contributed by atoms with Crippen molar-refractivity contribution in [1.82, 2.24) is 4.90 Å². The van der Waals surface area contributed by atoms with Crippen molar-refractivity contribution in [1.29, 1.82) is 0 Å². The Morgan fingerprint density at radius 1 is 1.21 bits per heavy atom. The molecule has 2 fully saturated rings. The third kappa shape index (κ3) is 2.66. The molecule has 0 bridgehead atoms. The normalized spacial score (nSPS) is 21.3. The molecule has 0 saturated carbocycles. The van der Waals surface area contributed by atoms with Gasteiger partial charge in [0.05, 0.1) is 32.1 Å². The summed E-state index contributed by atoms with van der Waals surface area (Å²) >= 11 is 6.01. The van der Waals surface area contributed by atoms with Crippen LogP contribution in [0.25, 0.3) is 0 Å². The molecule has 0 spiro atoms. The van der Waals surface area contributed by atoms with Gasteiger partial charge in [-0.15, -0.1) is 0 Å². The first-order valence-electron chi connectivity index (χ1n) is 6.68. The average Bonchev–Trinajstić information content (AvgIpc) is 2.38. The van der Waals surface area contributed by atoms with Crippen LogP contribution in [0.3, 0.4) is 0 Å². The minimum absolute atomic E-state index is 0.634. The summed E-state index contributed by atoms with van der Waals surface area (Å²) in [5.41, 5.74) is 1.14. The summed E-state index contributed by atoms with van der Waals surface area (Å²) in [6.07, 6.45) is 0. The van der Waals surface area contributed by atoms with Gasteiger partial charge in [-0.2, -0.15) is 0 Å². The fourth-order valence-electron chi connectivity index (χ4n) is 2.67. The summed E-state index contributed by atoms with van der Waals surface area (Å²) in [5.74, 6) is 0.855. The number of halogens is 1. The van der Waals surface area contributed by atoms with Crippen molar-refractivity contribution in [2.75, 3.05) is 51.4 Å². The van der Waals surface area contributed by atoms with Crippen LogP contribution in [0.1, 0.15) is 0 Å². The summed E-state index contributed by atoms with van der Waals surface area (Å²) in [4.78, 5) is 4.88. The Labute approximate surface area is 118 Å². The van der Waals surface area contributed by atoms with Gasteiger partial charge in [0, 0.05) is 37.3 Å². The maximum Gasteiger partial charge on any atom is 0.143 e. The average molecular weight is 283 g/mol. The summed E-state index contributed by atoms with van der Waals surface area (Å²) in [7, 11) is 1.69. The highest BCUT2D eigenvalue weighted by Gasteiger charge is 2.29. The minimum atomic E-state index is 0.634. The summed E-state index contributed by atoms with van der Waals surface area (Å²) in [6.45, 7) is 6.00. The van der Waals surface area contributed by atoms with Gasteiger partial charge >= 0.3 is 0 Å². The van der Waals surface area contributed by atoms with E-state index in [1.54, 1.807) is 7.11 Å². The smallest absolute Gasteiger partial charge is 0.143 e. The van der Waals surface area contributed by atoms with Gasteiger partial charge in [-0.3, -0.25) is 4.90 Å². The lowest BCUT2D eigenvalue weighted by molar-refractivity contribution is -0.0660. The van der Waals surface area contributed by atoms with E-state index in [0.29, 0.717) is 11.1 Å². The molecular formula is C14H19ClN2O2. The molecule has 0 atom stereocenters. The molecule has 0 aromatic heterocycles. The molecule has 1 aromatic carbocycles. The number of piperazine rings is 1. The van der Waals surface area contributed by atoms with E-state index in [1.165, 1.54) is 0 Å². The van der Waals surface area contributed by atoms with E-state index >= 15 is 0 Å². The lowest BCUT2D eigenvalue weighted by Crippen LogP contribution is -2.56. The van der Waals surface area contributed by atoms with Gasteiger partial charge < -0.3 is 14.4 Å². The van der Waals surface area contributed by atoms with Crippen LogP contribution in [-0.4, -0.2) is 57.4 Å². The maximum atomic E-state index is 6.01. The van der Waals surface area contributed by atoms with Crippen LogP contribution >= 0.6 is 11.6 Å². The fraction of sp³-hybridized carbons (Fsp3) is 0.571. The number of hydrogen-bond acceptors (Lipinski definition) is 4. The van der Waals surface area contributed by atoms with E-state index in [0.717, 1.165) is 50.8 Å². The van der Waals surface area contributed by atoms with Crippen molar-refractivity contribution in [3.8, 4) is 5.75 Å². The van der Waals surface area contributed by atoms with E-state index < -0.39 is 0 Å². The fourth-order valence-corrected chi connectivity index (χ4v) is 2.84. The zero-order chi connectivity index (χ0) is 13.2. The van der Waals surface area contributed by atoms with Crippen molar-refractivity contribution in [3.05, 3.63) is 23.2 Å². The first kappa shape index (κ1) is 13.0. The van der Waals surface area contributed by atoms with Gasteiger partial charge in [-0.05, 0) is 12.1 Å². The molecular weight excluding hydrogens is 264 g/mol. The van der Waals surface area contributed by atoms with Crippen molar-refractivity contribution in [2.24, 2.45) is 0 Å². The number of anilines is 1. The minimum Gasteiger partial charge on any atom is -0.495 e. The molecule has 4 nitrogen and oxygen atoms in total. The molecule has 5 heteroatoms. The van der Waals surface area contributed by atoms with Crippen molar-refractivity contribution in [2.45, 2.75) is 6.04 Å². The molecule has 2 aliphatic heterocycles. The number of ether oxygens (including phenoxy) is 2. The first-order valence-corrected chi connectivity index (χ1v) is 7.06. The second-order valence-corrected chi connectivity index (χ2v) is 5.47. The largest absolute Gasteiger partial charge is 0.495 e. The van der Waals surface area contributed by atoms with E-state index in [4.69, 9.17) is 21.1 Å². The SMILES string of the molecule is COc1cc(Cl)ccc1N1CCN(C2COC2)CC1. The predicted molar refractivity (Wildman–Crippen MR) is 76.4 cm³/mol. The number of rotatable bonds is 3. The van der Waals surface area contributed by atoms with Crippen molar-refractivity contribution >= 4 is 17.3 Å². The van der Waals surface area contributed by atoms with Gasteiger partial charge in [-0.25, -0.2) is 0 Å². The molecule has 19 heavy (non-hydrogen) atoms. The molecule has 0 unspecified atom stereocenters. The lowest BCUT2D eigenvalue weighted by atomic mass is 10.1. The Morgan fingerprint density at radius 2 is 1.95 bits per heavy atom. The zero-order valence-electron chi connectivity index (χ0n) is 11.1. The van der Waals surface area contributed by atoms with Crippen molar-refractivity contribution < 1.29 is 9.47 Å². The lowest BCUT2D eigenvalue weighted by Gasteiger charge is -2.43. The quantitative estimate of drug-likeness (QED) is 0.845. The van der Waals surface area contributed by atoms with Gasteiger partial charge in [0.15, 0.2) is 0 Å². The van der Waals surface area contributed by atoms with Crippen molar-refractivity contribution in [3.63, 3.8) is 0 Å². The molecule has 1 aromatic rings. The summed E-state index contributed by atoms with van der Waals surface area (Å²) in [6, 6.07) is 6.48. The second kappa shape index (κ2) is 5.57. The van der Waals surface area contributed by atoms with E-state index in [1.807, 2.05) is 18.2 Å². The zero-order valence-corrected chi connectivity index (χ0v) is 11.9. The van der Waals surface area contributed by atoms with Crippen LogP contribution in [-0.2, 0) is 4.74 Å². The number of methoxy groups -OCH3 is 1. The molecule has 104 valence electrons.